The first-order chi connectivity index (χ1) is 12.6. The summed E-state index contributed by atoms with van der Waals surface area (Å²) >= 11 is 0. The number of benzene rings is 1. The molecule has 0 saturated heterocycles. The number of ether oxygens (including phenoxy) is 1. The van der Waals surface area contributed by atoms with Crippen molar-refractivity contribution < 1.29 is 26.3 Å². The van der Waals surface area contributed by atoms with Crippen molar-refractivity contribution in [3.8, 4) is 0 Å². The van der Waals surface area contributed by atoms with Crippen LogP contribution in [0.25, 0.3) is 0 Å². The number of aryl methyl sites for hydroxylation is 1. The second-order valence-electron chi connectivity index (χ2n) is 6.53. The third-order valence-electron chi connectivity index (χ3n) is 4.21. The molecule has 1 N–H and O–H groups in total. The molecule has 9 heteroatoms. The standard InChI is InChI=1S/C18H19F3N2O3S/c1-12-14(11-26-10-13-5-6-13)7-8-17(22-12)23-27(24,25)16-4-2-3-15(9-16)18(19,20)21/h2-4,7-9,13H,5-6,10-11H2,1H3,(H,22,23). The van der Waals surface area contributed by atoms with Crippen LogP contribution in [0.2, 0.25) is 0 Å². The van der Waals surface area contributed by atoms with Crippen LogP contribution < -0.4 is 4.72 Å². The molecule has 1 aliphatic carbocycles. The number of halogens is 3. The third-order valence-corrected chi connectivity index (χ3v) is 5.57. The number of nitrogens with zero attached hydrogens (tertiary/aromatic N) is 1. The van der Waals surface area contributed by atoms with E-state index >= 15 is 0 Å². The van der Waals surface area contributed by atoms with Gasteiger partial charge in [-0.25, -0.2) is 13.4 Å². The van der Waals surface area contributed by atoms with Gasteiger partial charge in [-0.2, -0.15) is 13.2 Å². The highest BCUT2D eigenvalue weighted by molar-refractivity contribution is 7.92. The number of sulfonamides is 1. The first kappa shape index (κ1) is 19.6. The zero-order valence-electron chi connectivity index (χ0n) is 14.6. The zero-order valence-corrected chi connectivity index (χ0v) is 15.4. The quantitative estimate of drug-likeness (QED) is 0.759. The lowest BCUT2D eigenvalue weighted by Crippen LogP contribution is -2.16. The second kappa shape index (κ2) is 7.47. The molecule has 0 spiro atoms. The van der Waals surface area contributed by atoms with Gasteiger partial charge in [0.15, 0.2) is 0 Å². The fourth-order valence-electron chi connectivity index (χ4n) is 2.46. The number of hydrogen-bond donors (Lipinski definition) is 1. The molecule has 1 aliphatic rings. The Labute approximate surface area is 155 Å². The smallest absolute Gasteiger partial charge is 0.376 e. The van der Waals surface area contributed by atoms with E-state index in [0.717, 1.165) is 23.8 Å². The molecule has 3 rings (SSSR count). The average Bonchev–Trinajstić information content (AvgIpc) is 3.40. The minimum absolute atomic E-state index is 0.0378. The zero-order chi connectivity index (χ0) is 19.7. The van der Waals surface area contributed by atoms with Crippen LogP contribution in [0.5, 0.6) is 0 Å². The first-order valence-electron chi connectivity index (χ1n) is 8.39. The summed E-state index contributed by atoms with van der Waals surface area (Å²) in [5, 5.41) is 0. The van der Waals surface area contributed by atoms with Crippen molar-refractivity contribution in [3.63, 3.8) is 0 Å². The molecule has 146 valence electrons. The minimum Gasteiger partial charge on any atom is -0.376 e. The van der Waals surface area contributed by atoms with Crippen LogP contribution in [-0.2, 0) is 27.5 Å². The monoisotopic (exact) mass is 400 g/mol. The molecule has 1 fully saturated rings. The van der Waals surface area contributed by atoms with E-state index < -0.39 is 26.7 Å². The molecule has 0 amide bonds. The van der Waals surface area contributed by atoms with Gasteiger partial charge in [0.05, 0.1) is 17.1 Å². The summed E-state index contributed by atoms with van der Waals surface area (Å²) < 4.78 is 71.0. The van der Waals surface area contributed by atoms with Crippen LogP contribution in [0, 0.1) is 12.8 Å². The summed E-state index contributed by atoms with van der Waals surface area (Å²) in [7, 11) is -4.19. The fourth-order valence-corrected chi connectivity index (χ4v) is 3.50. The Morgan fingerprint density at radius 1 is 1.22 bits per heavy atom. The Balaban J connectivity index is 1.72. The van der Waals surface area contributed by atoms with Crippen molar-refractivity contribution in [2.24, 2.45) is 5.92 Å². The van der Waals surface area contributed by atoms with Gasteiger partial charge in [0.2, 0.25) is 0 Å². The topological polar surface area (TPSA) is 68.3 Å². The number of anilines is 1. The second-order valence-corrected chi connectivity index (χ2v) is 8.21. The van der Waals surface area contributed by atoms with Gasteiger partial charge >= 0.3 is 6.18 Å². The molecule has 27 heavy (non-hydrogen) atoms. The molecule has 0 bridgehead atoms. The summed E-state index contributed by atoms with van der Waals surface area (Å²) in [6.45, 7) is 2.80. The fraction of sp³-hybridized carbons (Fsp3) is 0.389. The Morgan fingerprint density at radius 2 is 1.96 bits per heavy atom. The predicted octanol–water partition coefficient (Wildman–Crippen LogP) is 4.14. The van der Waals surface area contributed by atoms with Gasteiger partial charge in [0.1, 0.15) is 5.82 Å². The molecule has 0 aliphatic heterocycles. The Bertz CT molecular complexity index is 926. The number of rotatable bonds is 7. The summed E-state index contributed by atoms with van der Waals surface area (Å²) in [4.78, 5) is 3.70. The predicted molar refractivity (Wildman–Crippen MR) is 93.6 cm³/mol. The highest BCUT2D eigenvalue weighted by Gasteiger charge is 2.31. The highest BCUT2D eigenvalue weighted by atomic mass is 32.2. The molecule has 0 unspecified atom stereocenters. The van der Waals surface area contributed by atoms with Crippen molar-refractivity contribution in [1.82, 2.24) is 4.98 Å². The van der Waals surface area contributed by atoms with Crippen molar-refractivity contribution in [2.75, 3.05) is 11.3 Å². The van der Waals surface area contributed by atoms with Crippen molar-refractivity contribution in [1.29, 1.82) is 0 Å². The molecule has 1 aromatic carbocycles. The van der Waals surface area contributed by atoms with E-state index in [1.54, 1.807) is 13.0 Å². The lowest BCUT2D eigenvalue weighted by molar-refractivity contribution is -0.137. The molecular formula is C18H19F3N2O3S. The van der Waals surface area contributed by atoms with Gasteiger partial charge in [0.25, 0.3) is 10.0 Å². The van der Waals surface area contributed by atoms with E-state index in [4.69, 9.17) is 4.74 Å². The molecule has 2 aromatic rings. The van der Waals surface area contributed by atoms with Crippen LogP contribution >= 0.6 is 0 Å². The maximum atomic E-state index is 12.8. The molecule has 1 aromatic heterocycles. The molecular weight excluding hydrogens is 381 g/mol. The lowest BCUT2D eigenvalue weighted by atomic mass is 10.2. The summed E-state index contributed by atoms with van der Waals surface area (Å²) in [6, 6.07) is 6.72. The minimum atomic E-state index is -4.62. The lowest BCUT2D eigenvalue weighted by Gasteiger charge is -2.12. The van der Waals surface area contributed by atoms with Gasteiger partial charge < -0.3 is 4.74 Å². The van der Waals surface area contributed by atoms with Crippen LogP contribution in [0.4, 0.5) is 19.0 Å². The Morgan fingerprint density at radius 3 is 2.59 bits per heavy atom. The van der Waals surface area contributed by atoms with Crippen LogP contribution in [0.3, 0.4) is 0 Å². The summed E-state index contributed by atoms with van der Waals surface area (Å²) in [6.07, 6.45) is -2.25. The Kier molecular flexibility index (Phi) is 5.43. The number of aromatic nitrogens is 1. The van der Waals surface area contributed by atoms with E-state index in [-0.39, 0.29) is 5.82 Å². The third kappa shape index (κ3) is 5.20. The normalized spacial score (nSPS) is 15.0. The molecule has 0 atom stereocenters. The van der Waals surface area contributed by atoms with Gasteiger partial charge in [-0.15, -0.1) is 0 Å². The van der Waals surface area contributed by atoms with Crippen molar-refractivity contribution in [3.05, 3.63) is 53.2 Å². The van der Waals surface area contributed by atoms with E-state index in [1.165, 1.54) is 18.9 Å². The van der Waals surface area contributed by atoms with E-state index in [9.17, 15) is 21.6 Å². The molecule has 1 heterocycles. The number of pyridine rings is 1. The van der Waals surface area contributed by atoms with Crippen molar-refractivity contribution >= 4 is 15.8 Å². The first-order valence-corrected chi connectivity index (χ1v) is 9.88. The Hall–Kier alpha value is -2.13. The summed E-state index contributed by atoms with van der Waals surface area (Å²) in [5.41, 5.74) is 0.394. The number of nitrogens with one attached hydrogen (secondary N) is 1. The van der Waals surface area contributed by atoms with Crippen LogP contribution in [0.1, 0.15) is 29.7 Å². The maximum Gasteiger partial charge on any atom is 0.416 e. The SMILES string of the molecule is Cc1nc(NS(=O)(=O)c2cccc(C(F)(F)F)c2)ccc1COCC1CC1. The highest BCUT2D eigenvalue weighted by Crippen LogP contribution is 2.31. The molecule has 5 nitrogen and oxygen atoms in total. The molecule has 0 radical (unpaired) electrons. The van der Waals surface area contributed by atoms with Crippen LogP contribution in [0.15, 0.2) is 41.3 Å². The number of alkyl halides is 3. The van der Waals surface area contributed by atoms with Gasteiger partial charge in [-0.3, -0.25) is 4.72 Å². The maximum absolute atomic E-state index is 12.8. The largest absolute Gasteiger partial charge is 0.416 e. The molecule has 1 saturated carbocycles. The summed E-state index contributed by atoms with van der Waals surface area (Å²) in [5.74, 6) is 0.674. The van der Waals surface area contributed by atoms with E-state index in [1.807, 2.05) is 0 Å². The van der Waals surface area contributed by atoms with Crippen LogP contribution in [-0.4, -0.2) is 20.0 Å². The van der Waals surface area contributed by atoms with E-state index in [2.05, 4.69) is 9.71 Å². The number of hydrogen-bond acceptors (Lipinski definition) is 4. The van der Waals surface area contributed by atoms with Gasteiger partial charge in [0, 0.05) is 12.3 Å². The van der Waals surface area contributed by atoms with Gasteiger partial charge in [-0.1, -0.05) is 12.1 Å². The van der Waals surface area contributed by atoms with Crippen molar-refractivity contribution in [2.45, 2.75) is 37.4 Å². The van der Waals surface area contributed by atoms with Gasteiger partial charge in [-0.05, 0) is 55.5 Å². The van der Waals surface area contributed by atoms with E-state index in [0.29, 0.717) is 30.9 Å². The average molecular weight is 400 g/mol.